The van der Waals surface area contributed by atoms with Crippen LogP contribution in [0.1, 0.15) is 11.5 Å². The van der Waals surface area contributed by atoms with Crippen molar-refractivity contribution in [3.63, 3.8) is 0 Å². The van der Waals surface area contributed by atoms with Crippen LogP contribution in [-0.2, 0) is 11.1 Å². The van der Waals surface area contributed by atoms with Crippen molar-refractivity contribution in [3.05, 3.63) is 54.1 Å². The first kappa shape index (κ1) is 15.8. The molecule has 122 valence electrons. The van der Waals surface area contributed by atoms with E-state index >= 15 is 0 Å². The molecule has 0 spiro atoms. The standard InChI is InChI=1S/C17H18O5S/c18-23(19)12-13-11-22-17-10-15(6-7-16(13)17)21-9-8-20-14-4-2-1-3-5-14/h1-7,10,13H,8-9,11-12H2,(H,18,19). The summed E-state index contributed by atoms with van der Waals surface area (Å²) >= 11 is -1.82. The molecule has 2 unspecified atom stereocenters. The highest BCUT2D eigenvalue weighted by Gasteiger charge is 2.26. The third-order valence-electron chi connectivity index (χ3n) is 3.57. The Hall–Kier alpha value is -2.05. The van der Waals surface area contributed by atoms with Crippen molar-refractivity contribution in [2.24, 2.45) is 0 Å². The quantitative estimate of drug-likeness (QED) is 0.623. The predicted molar refractivity (Wildman–Crippen MR) is 87.7 cm³/mol. The van der Waals surface area contributed by atoms with Crippen molar-refractivity contribution in [2.45, 2.75) is 5.92 Å². The summed E-state index contributed by atoms with van der Waals surface area (Å²) in [4.78, 5) is 0. The highest BCUT2D eigenvalue weighted by molar-refractivity contribution is 7.79. The zero-order valence-corrected chi connectivity index (χ0v) is 13.3. The van der Waals surface area contributed by atoms with Crippen LogP contribution in [0.15, 0.2) is 48.5 Å². The molecule has 0 bridgehead atoms. The van der Waals surface area contributed by atoms with E-state index in [1.54, 1.807) is 0 Å². The van der Waals surface area contributed by atoms with E-state index in [4.69, 9.17) is 18.8 Å². The molecule has 0 amide bonds. The zero-order chi connectivity index (χ0) is 16.1. The molecule has 0 saturated heterocycles. The van der Waals surface area contributed by atoms with Gasteiger partial charge in [-0.1, -0.05) is 24.3 Å². The smallest absolute Gasteiger partial charge is 0.153 e. The van der Waals surface area contributed by atoms with Gasteiger partial charge < -0.3 is 18.8 Å². The SMILES string of the molecule is O=S(O)CC1COc2cc(OCCOc3ccccc3)ccc21. The number of benzene rings is 2. The average molecular weight is 334 g/mol. The molecule has 2 aromatic rings. The summed E-state index contributed by atoms with van der Waals surface area (Å²) in [6.07, 6.45) is 0. The lowest BCUT2D eigenvalue weighted by Crippen LogP contribution is -2.10. The largest absolute Gasteiger partial charge is 0.492 e. The van der Waals surface area contributed by atoms with Gasteiger partial charge in [0.1, 0.15) is 30.5 Å². The normalized spacial score (nSPS) is 17.2. The fourth-order valence-electron chi connectivity index (χ4n) is 2.49. The van der Waals surface area contributed by atoms with Gasteiger partial charge in [-0.15, -0.1) is 0 Å². The van der Waals surface area contributed by atoms with Crippen LogP contribution in [0.3, 0.4) is 0 Å². The van der Waals surface area contributed by atoms with E-state index < -0.39 is 11.1 Å². The number of hydrogen-bond acceptors (Lipinski definition) is 4. The van der Waals surface area contributed by atoms with Gasteiger partial charge >= 0.3 is 0 Å². The Morgan fingerprint density at radius 2 is 1.83 bits per heavy atom. The van der Waals surface area contributed by atoms with E-state index in [1.165, 1.54) is 0 Å². The fourth-order valence-corrected chi connectivity index (χ4v) is 3.11. The molecule has 5 nitrogen and oxygen atoms in total. The van der Waals surface area contributed by atoms with Crippen LogP contribution in [0.4, 0.5) is 0 Å². The maximum atomic E-state index is 10.9. The summed E-state index contributed by atoms with van der Waals surface area (Å²) in [5.74, 6) is 2.39. The van der Waals surface area contributed by atoms with Gasteiger partial charge in [-0.05, 0) is 18.2 Å². The molecule has 0 saturated carbocycles. The maximum absolute atomic E-state index is 10.9. The summed E-state index contributed by atoms with van der Waals surface area (Å²) in [7, 11) is 0. The summed E-state index contributed by atoms with van der Waals surface area (Å²) in [5, 5.41) is 0. The fraction of sp³-hybridized carbons (Fsp3) is 0.294. The van der Waals surface area contributed by atoms with Gasteiger partial charge in [0.25, 0.3) is 0 Å². The number of fused-ring (bicyclic) bond motifs is 1. The third-order valence-corrected chi connectivity index (χ3v) is 4.26. The Morgan fingerprint density at radius 3 is 2.57 bits per heavy atom. The van der Waals surface area contributed by atoms with E-state index in [1.807, 2.05) is 48.5 Å². The van der Waals surface area contributed by atoms with Crippen LogP contribution in [0.2, 0.25) is 0 Å². The van der Waals surface area contributed by atoms with E-state index in [2.05, 4.69) is 0 Å². The van der Waals surface area contributed by atoms with Crippen molar-refractivity contribution in [1.82, 2.24) is 0 Å². The lowest BCUT2D eigenvalue weighted by molar-refractivity contribution is 0.216. The van der Waals surface area contributed by atoms with Crippen LogP contribution < -0.4 is 14.2 Å². The van der Waals surface area contributed by atoms with E-state index in [-0.39, 0.29) is 11.7 Å². The number of hydrogen-bond donors (Lipinski definition) is 1. The molecule has 0 aliphatic carbocycles. The minimum absolute atomic E-state index is 0.0358. The van der Waals surface area contributed by atoms with Gasteiger partial charge in [0.2, 0.25) is 0 Å². The van der Waals surface area contributed by atoms with Crippen molar-refractivity contribution in [3.8, 4) is 17.2 Å². The molecule has 1 heterocycles. The third kappa shape index (κ3) is 4.24. The topological polar surface area (TPSA) is 65.0 Å². The molecule has 2 aromatic carbocycles. The first-order valence-corrected chi connectivity index (χ1v) is 8.65. The Balaban J connectivity index is 1.51. The first-order valence-electron chi connectivity index (χ1n) is 7.37. The van der Waals surface area contributed by atoms with E-state index in [0.29, 0.717) is 25.6 Å². The highest BCUT2D eigenvalue weighted by Crippen LogP contribution is 2.36. The van der Waals surface area contributed by atoms with Crippen molar-refractivity contribution in [1.29, 1.82) is 0 Å². The van der Waals surface area contributed by atoms with Crippen LogP contribution in [-0.4, -0.2) is 34.3 Å². The lowest BCUT2D eigenvalue weighted by Gasteiger charge is -2.10. The zero-order valence-electron chi connectivity index (χ0n) is 12.5. The molecule has 3 rings (SSSR count). The van der Waals surface area contributed by atoms with Crippen molar-refractivity contribution in [2.75, 3.05) is 25.6 Å². The molecule has 2 atom stereocenters. The lowest BCUT2D eigenvalue weighted by atomic mass is 10.0. The van der Waals surface area contributed by atoms with Gasteiger partial charge in [-0.25, -0.2) is 4.21 Å². The van der Waals surface area contributed by atoms with Gasteiger partial charge in [-0.2, -0.15) is 0 Å². The summed E-state index contributed by atoms with van der Waals surface area (Å²) < 4.78 is 36.7. The minimum atomic E-state index is -1.82. The highest BCUT2D eigenvalue weighted by atomic mass is 32.2. The van der Waals surface area contributed by atoms with Gasteiger partial charge in [0.05, 0.1) is 12.4 Å². The first-order chi connectivity index (χ1) is 11.2. The average Bonchev–Trinajstić information content (AvgIpc) is 2.94. The van der Waals surface area contributed by atoms with Crippen molar-refractivity contribution >= 4 is 11.1 Å². The van der Waals surface area contributed by atoms with Crippen LogP contribution >= 0.6 is 0 Å². The molecule has 0 aromatic heterocycles. The van der Waals surface area contributed by atoms with E-state index in [9.17, 15) is 4.21 Å². The van der Waals surface area contributed by atoms with Crippen LogP contribution in [0.5, 0.6) is 17.2 Å². The molecule has 1 aliphatic heterocycles. The predicted octanol–water partition coefficient (Wildman–Crippen LogP) is 2.84. The Bertz CT molecular complexity index is 674. The second-order valence-corrected chi connectivity index (χ2v) is 6.18. The molecule has 1 N–H and O–H groups in total. The summed E-state index contributed by atoms with van der Waals surface area (Å²) in [6.45, 7) is 1.31. The number of para-hydroxylation sites is 1. The Labute approximate surface area is 137 Å². The van der Waals surface area contributed by atoms with Gasteiger partial charge in [-0.3, -0.25) is 0 Å². The molecule has 0 fully saturated rings. The maximum Gasteiger partial charge on any atom is 0.153 e. The molecule has 1 aliphatic rings. The number of ether oxygens (including phenoxy) is 3. The number of rotatable bonds is 7. The van der Waals surface area contributed by atoms with Crippen LogP contribution in [0.25, 0.3) is 0 Å². The summed E-state index contributed by atoms with van der Waals surface area (Å²) in [5.41, 5.74) is 0.959. The minimum Gasteiger partial charge on any atom is -0.492 e. The molecule has 23 heavy (non-hydrogen) atoms. The molecular weight excluding hydrogens is 316 g/mol. The monoisotopic (exact) mass is 334 g/mol. The Kier molecular flexibility index (Phi) is 5.15. The Morgan fingerprint density at radius 1 is 1.09 bits per heavy atom. The molecule has 0 radical (unpaired) electrons. The van der Waals surface area contributed by atoms with E-state index in [0.717, 1.165) is 17.1 Å². The molecular formula is C17H18O5S. The summed E-state index contributed by atoms with van der Waals surface area (Å²) in [6, 6.07) is 15.1. The second kappa shape index (κ2) is 7.48. The van der Waals surface area contributed by atoms with Crippen LogP contribution in [0, 0.1) is 0 Å². The second-order valence-electron chi connectivity index (χ2n) is 5.21. The van der Waals surface area contributed by atoms with Gasteiger partial charge in [0, 0.05) is 17.5 Å². The van der Waals surface area contributed by atoms with Crippen molar-refractivity contribution < 1.29 is 23.0 Å². The van der Waals surface area contributed by atoms with Gasteiger partial charge in [0.15, 0.2) is 11.1 Å². The molecule has 6 heteroatoms.